The molecule has 0 aliphatic heterocycles. The largest absolute Gasteiger partial charge is 0.319 e. The average Bonchev–Trinajstić information content (AvgIpc) is 2.61. The summed E-state index contributed by atoms with van der Waals surface area (Å²) < 4.78 is 65.6. The molecule has 5 nitrogen and oxygen atoms in total. The minimum absolute atomic E-state index is 0.00995. The molecule has 0 aliphatic carbocycles. The standard InChI is InChI=1S/C17H17F3N2O3S/c1-10(2)22(3)26(24,25)12-6-4-11(5-7-12)17(23)21-14-9-8-13(18)15(19)16(14)20/h4-10H,1-3H3,(H,21,23). The van der Waals surface area contributed by atoms with Crippen LogP contribution in [0.3, 0.4) is 0 Å². The number of hydrogen-bond donors (Lipinski definition) is 1. The van der Waals surface area contributed by atoms with Crippen LogP contribution in [0, 0.1) is 17.5 Å². The molecule has 140 valence electrons. The van der Waals surface area contributed by atoms with E-state index in [2.05, 4.69) is 5.32 Å². The highest BCUT2D eigenvalue weighted by Crippen LogP contribution is 2.21. The Balaban J connectivity index is 2.24. The van der Waals surface area contributed by atoms with Gasteiger partial charge in [-0.15, -0.1) is 0 Å². The summed E-state index contributed by atoms with van der Waals surface area (Å²) in [6, 6.07) is 6.30. The molecule has 2 aromatic carbocycles. The fourth-order valence-corrected chi connectivity index (χ4v) is 3.41. The second-order valence-electron chi connectivity index (χ2n) is 5.82. The Hall–Kier alpha value is -2.39. The molecule has 0 atom stereocenters. The first-order chi connectivity index (χ1) is 12.1. The van der Waals surface area contributed by atoms with Gasteiger partial charge < -0.3 is 5.32 Å². The number of carbonyl (C=O) groups is 1. The predicted molar refractivity (Wildman–Crippen MR) is 90.8 cm³/mol. The molecule has 0 unspecified atom stereocenters. The summed E-state index contributed by atoms with van der Waals surface area (Å²) in [5.41, 5.74) is -0.495. The number of amides is 1. The molecule has 0 fully saturated rings. The number of halogens is 3. The second-order valence-corrected chi connectivity index (χ2v) is 7.81. The smallest absolute Gasteiger partial charge is 0.255 e. The second kappa shape index (κ2) is 7.46. The molecule has 0 aliphatic rings. The lowest BCUT2D eigenvalue weighted by Gasteiger charge is -2.21. The summed E-state index contributed by atoms with van der Waals surface area (Å²) in [5, 5.41) is 2.11. The summed E-state index contributed by atoms with van der Waals surface area (Å²) in [6.45, 7) is 3.44. The average molecular weight is 386 g/mol. The van der Waals surface area contributed by atoms with E-state index >= 15 is 0 Å². The summed E-state index contributed by atoms with van der Waals surface area (Å²) in [5.74, 6) is -5.38. The predicted octanol–water partition coefficient (Wildman–Crippen LogP) is 3.39. The fraction of sp³-hybridized carbons (Fsp3) is 0.235. The number of nitrogens with one attached hydrogen (secondary N) is 1. The van der Waals surface area contributed by atoms with E-state index in [1.165, 1.54) is 35.6 Å². The SMILES string of the molecule is CC(C)N(C)S(=O)(=O)c1ccc(C(=O)Nc2ccc(F)c(F)c2F)cc1. The van der Waals surface area contributed by atoms with Crippen molar-refractivity contribution in [3.8, 4) is 0 Å². The van der Waals surface area contributed by atoms with Crippen molar-refractivity contribution in [1.82, 2.24) is 4.31 Å². The van der Waals surface area contributed by atoms with E-state index in [-0.39, 0.29) is 16.5 Å². The Morgan fingerprint density at radius 3 is 2.12 bits per heavy atom. The molecular weight excluding hydrogens is 369 g/mol. The van der Waals surface area contributed by atoms with Crippen molar-refractivity contribution in [2.75, 3.05) is 12.4 Å². The van der Waals surface area contributed by atoms with Gasteiger partial charge in [0.05, 0.1) is 10.6 Å². The molecule has 9 heteroatoms. The van der Waals surface area contributed by atoms with E-state index in [0.717, 1.165) is 6.07 Å². The van der Waals surface area contributed by atoms with E-state index in [4.69, 9.17) is 0 Å². The van der Waals surface area contributed by atoms with Gasteiger partial charge in [-0.2, -0.15) is 4.31 Å². The minimum Gasteiger partial charge on any atom is -0.319 e. The summed E-state index contributed by atoms with van der Waals surface area (Å²) in [6.07, 6.45) is 0. The Kier molecular flexibility index (Phi) is 5.72. The summed E-state index contributed by atoms with van der Waals surface area (Å²) >= 11 is 0. The lowest BCUT2D eigenvalue weighted by atomic mass is 10.2. The molecule has 26 heavy (non-hydrogen) atoms. The van der Waals surface area contributed by atoms with Crippen LogP contribution >= 0.6 is 0 Å². The van der Waals surface area contributed by atoms with Gasteiger partial charge in [-0.1, -0.05) is 0 Å². The van der Waals surface area contributed by atoms with Crippen LogP contribution in [0.1, 0.15) is 24.2 Å². The molecule has 0 bridgehead atoms. The minimum atomic E-state index is -3.71. The van der Waals surface area contributed by atoms with Crippen LogP contribution in [-0.2, 0) is 10.0 Å². The first-order valence-corrected chi connectivity index (χ1v) is 9.02. The molecule has 0 aromatic heterocycles. The number of carbonyl (C=O) groups excluding carboxylic acids is 1. The van der Waals surface area contributed by atoms with Gasteiger partial charge in [0.1, 0.15) is 0 Å². The molecule has 0 radical (unpaired) electrons. The Morgan fingerprint density at radius 1 is 1.00 bits per heavy atom. The highest BCUT2D eigenvalue weighted by molar-refractivity contribution is 7.89. The van der Waals surface area contributed by atoms with Crippen LogP contribution in [0.15, 0.2) is 41.3 Å². The first-order valence-electron chi connectivity index (χ1n) is 7.58. The number of anilines is 1. The highest BCUT2D eigenvalue weighted by atomic mass is 32.2. The van der Waals surface area contributed by atoms with Crippen molar-refractivity contribution in [2.24, 2.45) is 0 Å². The molecule has 0 saturated carbocycles. The Bertz CT molecular complexity index is 929. The van der Waals surface area contributed by atoms with Crippen molar-refractivity contribution in [2.45, 2.75) is 24.8 Å². The number of hydrogen-bond acceptors (Lipinski definition) is 3. The van der Waals surface area contributed by atoms with Crippen LogP contribution in [-0.4, -0.2) is 31.7 Å². The van der Waals surface area contributed by atoms with Gasteiger partial charge in [0.25, 0.3) is 5.91 Å². The zero-order valence-electron chi connectivity index (χ0n) is 14.3. The molecule has 0 saturated heterocycles. The maximum atomic E-state index is 13.6. The van der Waals surface area contributed by atoms with Gasteiger partial charge in [-0.25, -0.2) is 21.6 Å². The maximum absolute atomic E-state index is 13.6. The Labute approximate surface area is 149 Å². The first kappa shape index (κ1) is 19.9. The van der Waals surface area contributed by atoms with Gasteiger partial charge in [-0.05, 0) is 50.2 Å². The van der Waals surface area contributed by atoms with E-state index in [9.17, 15) is 26.4 Å². The van der Waals surface area contributed by atoms with Crippen LogP contribution in [0.4, 0.5) is 18.9 Å². The third-order valence-electron chi connectivity index (χ3n) is 3.80. The van der Waals surface area contributed by atoms with Crippen LogP contribution in [0.2, 0.25) is 0 Å². The zero-order valence-corrected chi connectivity index (χ0v) is 15.1. The molecule has 0 heterocycles. The van der Waals surface area contributed by atoms with Gasteiger partial charge in [0, 0.05) is 18.7 Å². The van der Waals surface area contributed by atoms with Crippen LogP contribution in [0.5, 0.6) is 0 Å². The highest BCUT2D eigenvalue weighted by Gasteiger charge is 2.23. The zero-order chi connectivity index (χ0) is 19.6. The summed E-state index contributed by atoms with van der Waals surface area (Å²) in [4.78, 5) is 12.1. The van der Waals surface area contributed by atoms with Crippen molar-refractivity contribution in [3.05, 3.63) is 59.4 Å². The number of nitrogens with zero attached hydrogens (tertiary/aromatic N) is 1. The number of rotatable bonds is 5. The van der Waals surface area contributed by atoms with Gasteiger partial charge in [0.2, 0.25) is 10.0 Å². The Morgan fingerprint density at radius 2 is 1.58 bits per heavy atom. The lowest BCUT2D eigenvalue weighted by Crippen LogP contribution is -2.33. The van der Waals surface area contributed by atoms with E-state index in [1.54, 1.807) is 13.8 Å². The molecule has 1 N–H and O–H groups in total. The van der Waals surface area contributed by atoms with E-state index in [0.29, 0.717) is 6.07 Å². The van der Waals surface area contributed by atoms with Crippen molar-refractivity contribution in [3.63, 3.8) is 0 Å². The molecule has 0 spiro atoms. The maximum Gasteiger partial charge on any atom is 0.255 e. The van der Waals surface area contributed by atoms with Gasteiger partial charge in [0.15, 0.2) is 17.5 Å². The number of benzene rings is 2. The van der Waals surface area contributed by atoms with Crippen molar-refractivity contribution >= 4 is 21.6 Å². The summed E-state index contributed by atoms with van der Waals surface area (Å²) in [7, 11) is -2.27. The quantitative estimate of drug-likeness (QED) is 0.801. The molecular formula is C17H17F3N2O3S. The molecule has 2 rings (SSSR count). The molecule has 1 amide bonds. The lowest BCUT2D eigenvalue weighted by molar-refractivity contribution is 0.102. The van der Waals surface area contributed by atoms with Crippen molar-refractivity contribution < 1.29 is 26.4 Å². The topological polar surface area (TPSA) is 66.5 Å². The van der Waals surface area contributed by atoms with E-state index in [1.807, 2.05) is 0 Å². The number of sulfonamides is 1. The van der Waals surface area contributed by atoms with Gasteiger partial charge >= 0.3 is 0 Å². The normalized spacial score (nSPS) is 11.8. The van der Waals surface area contributed by atoms with Crippen molar-refractivity contribution in [1.29, 1.82) is 0 Å². The third kappa shape index (κ3) is 3.88. The monoisotopic (exact) mass is 386 g/mol. The van der Waals surface area contributed by atoms with Crippen LogP contribution < -0.4 is 5.32 Å². The van der Waals surface area contributed by atoms with E-state index < -0.39 is 39.1 Å². The van der Waals surface area contributed by atoms with Gasteiger partial charge in [-0.3, -0.25) is 4.79 Å². The fourth-order valence-electron chi connectivity index (χ4n) is 2.04. The molecule has 2 aromatic rings. The third-order valence-corrected chi connectivity index (χ3v) is 5.85. The van der Waals surface area contributed by atoms with Crippen LogP contribution in [0.25, 0.3) is 0 Å².